The molecule has 0 amide bonds. The van der Waals surface area contributed by atoms with E-state index in [9.17, 15) is 0 Å². The number of anilines is 2. The second-order valence-corrected chi connectivity index (χ2v) is 4.73. The molecule has 0 saturated carbocycles. The third kappa shape index (κ3) is 2.54. The molecular formula is C12H22N6. The van der Waals surface area contributed by atoms with E-state index in [2.05, 4.69) is 39.2 Å². The van der Waals surface area contributed by atoms with Crippen molar-refractivity contribution in [2.45, 2.75) is 20.3 Å². The summed E-state index contributed by atoms with van der Waals surface area (Å²) in [5, 5.41) is 0. The number of aromatic nitrogens is 2. The Labute approximate surface area is 108 Å². The Bertz CT molecular complexity index is 411. The highest BCUT2D eigenvalue weighted by Crippen LogP contribution is 2.24. The zero-order chi connectivity index (χ0) is 13.1. The van der Waals surface area contributed by atoms with Gasteiger partial charge in [0.05, 0.1) is 0 Å². The highest BCUT2D eigenvalue weighted by atomic mass is 15.3. The summed E-state index contributed by atoms with van der Waals surface area (Å²) in [5.41, 5.74) is 3.70. The minimum atomic E-state index is 0.732. The molecule has 6 nitrogen and oxygen atoms in total. The van der Waals surface area contributed by atoms with Gasteiger partial charge in [-0.15, -0.1) is 0 Å². The average molecular weight is 250 g/mol. The summed E-state index contributed by atoms with van der Waals surface area (Å²) >= 11 is 0. The Morgan fingerprint density at radius 1 is 1.22 bits per heavy atom. The van der Waals surface area contributed by atoms with Crippen LogP contribution in [0.4, 0.5) is 11.6 Å². The van der Waals surface area contributed by atoms with Crippen molar-refractivity contribution in [1.29, 1.82) is 0 Å². The largest absolute Gasteiger partial charge is 0.354 e. The van der Waals surface area contributed by atoms with Gasteiger partial charge in [0, 0.05) is 38.2 Å². The van der Waals surface area contributed by atoms with Crippen LogP contribution in [-0.2, 0) is 6.42 Å². The molecule has 18 heavy (non-hydrogen) atoms. The minimum Gasteiger partial charge on any atom is -0.354 e. The first-order valence-electron chi connectivity index (χ1n) is 6.43. The molecule has 1 aliphatic heterocycles. The van der Waals surface area contributed by atoms with E-state index in [4.69, 9.17) is 5.84 Å². The van der Waals surface area contributed by atoms with E-state index in [-0.39, 0.29) is 0 Å². The van der Waals surface area contributed by atoms with Crippen LogP contribution in [0.25, 0.3) is 0 Å². The molecule has 1 fully saturated rings. The molecule has 1 aliphatic rings. The summed E-state index contributed by atoms with van der Waals surface area (Å²) in [6.07, 6.45) is 0.815. The van der Waals surface area contributed by atoms with Gasteiger partial charge in [-0.2, -0.15) is 0 Å². The predicted molar refractivity (Wildman–Crippen MR) is 73.7 cm³/mol. The quantitative estimate of drug-likeness (QED) is 0.597. The third-order valence-electron chi connectivity index (χ3n) is 3.42. The number of nitrogen functional groups attached to an aromatic ring is 1. The van der Waals surface area contributed by atoms with Crippen molar-refractivity contribution in [3.8, 4) is 0 Å². The van der Waals surface area contributed by atoms with Crippen molar-refractivity contribution in [1.82, 2.24) is 14.9 Å². The monoisotopic (exact) mass is 250 g/mol. The fourth-order valence-corrected chi connectivity index (χ4v) is 2.17. The lowest BCUT2D eigenvalue weighted by Crippen LogP contribution is -2.45. The van der Waals surface area contributed by atoms with Crippen molar-refractivity contribution < 1.29 is 0 Å². The van der Waals surface area contributed by atoms with E-state index < -0.39 is 0 Å². The van der Waals surface area contributed by atoms with Gasteiger partial charge in [-0.1, -0.05) is 6.92 Å². The highest BCUT2D eigenvalue weighted by Gasteiger charge is 2.19. The topological polar surface area (TPSA) is 70.3 Å². The molecule has 0 aliphatic carbocycles. The zero-order valence-electron chi connectivity index (χ0n) is 11.4. The molecule has 6 heteroatoms. The number of piperazine rings is 1. The van der Waals surface area contributed by atoms with Gasteiger partial charge in [0.1, 0.15) is 17.5 Å². The Balaban J connectivity index is 2.31. The smallest absolute Gasteiger partial charge is 0.148 e. The van der Waals surface area contributed by atoms with Crippen molar-refractivity contribution in [2.75, 3.05) is 43.6 Å². The Kier molecular flexibility index (Phi) is 3.98. The fourth-order valence-electron chi connectivity index (χ4n) is 2.17. The summed E-state index contributed by atoms with van der Waals surface area (Å²) in [6, 6.07) is 0. The normalized spacial score (nSPS) is 17.0. The molecule has 1 saturated heterocycles. The van der Waals surface area contributed by atoms with Crippen LogP contribution in [0.2, 0.25) is 0 Å². The van der Waals surface area contributed by atoms with Crippen LogP contribution >= 0.6 is 0 Å². The summed E-state index contributed by atoms with van der Waals surface area (Å²) < 4.78 is 0. The predicted octanol–water partition coefficient (Wildman–Crippen LogP) is 0.385. The van der Waals surface area contributed by atoms with E-state index >= 15 is 0 Å². The number of nitrogens with two attached hydrogens (primary N) is 1. The maximum atomic E-state index is 5.53. The SMILES string of the molecule is CCc1nc(NN)c(C)c(N2CCN(C)CC2)n1. The molecule has 1 aromatic rings. The van der Waals surface area contributed by atoms with Crippen molar-refractivity contribution >= 4 is 11.6 Å². The van der Waals surface area contributed by atoms with Gasteiger partial charge in [-0.05, 0) is 14.0 Å². The standard InChI is InChI=1S/C12H22N6/c1-4-10-14-11(16-13)9(2)12(15-10)18-7-5-17(3)6-8-18/h4-8,13H2,1-3H3,(H,14,15,16). The first-order valence-corrected chi connectivity index (χ1v) is 6.43. The van der Waals surface area contributed by atoms with Gasteiger partial charge in [0.15, 0.2) is 0 Å². The molecular weight excluding hydrogens is 228 g/mol. The fraction of sp³-hybridized carbons (Fsp3) is 0.667. The lowest BCUT2D eigenvalue weighted by Gasteiger charge is -2.34. The van der Waals surface area contributed by atoms with Crippen LogP contribution in [0.1, 0.15) is 18.3 Å². The number of hydrogen-bond donors (Lipinski definition) is 2. The third-order valence-corrected chi connectivity index (χ3v) is 3.42. The van der Waals surface area contributed by atoms with Crippen molar-refractivity contribution in [3.63, 3.8) is 0 Å². The minimum absolute atomic E-state index is 0.732. The van der Waals surface area contributed by atoms with Gasteiger partial charge in [0.2, 0.25) is 0 Å². The molecule has 0 spiro atoms. The lowest BCUT2D eigenvalue weighted by atomic mass is 10.2. The Morgan fingerprint density at radius 2 is 1.89 bits per heavy atom. The number of rotatable bonds is 3. The first-order chi connectivity index (χ1) is 8.65. The van der Waals surface area contributed by atoms with Crippen LogP contribution in [0.3, 0.4) is 0 Å². The number of hydrazine groups is 1. The van der Waals surface area contributed by atoms with Gasteiger partial charge in [-0.25, -0.2) is 15.8 Å². The molecule has 0 unspecified atom stereocenters. The molecule has 0 aromatic carbocycles. The number of nitrogens with zero attached hydrogens (tertiary/aromatic N) is 4. The maximum absolute atomic E-state index is 5.53. The molecule has 3 N–H and O–H groups in total. The van der Waals surface area contributed by atoms with Gasteiger partial charge in [0.25, 0.3) is 0 Å². The van der Waals surface area contributed by atoms with E-state index in [0.717, 1.165) is 55.6 Å². The van der Waals surface area contributed by atoms with E-state index in [0.29, 0.717) is 0 Å². The first kappa shape index (κ1) is 13.0. The molecule has 1 aromatic heterocycles. The van der Waals surface area contributed by atoms with Crippen molar-refractivity contribution in [3.05, 3.63) is 11.4 Å². The molecule has 0 radical (unpaired) electrons. The number of aryl methyl sites for hydroxylation is 1. The van der Waals surface area contributed by atoms with E-state index in [1.54, 1.807) is 0 Å². The second-order valence-electron chi connectivity index (χ2n) is 4.73. The summed E-state index contributed by atoms with van der Waals surface area (Å²) in [5.74, 6) is 8.11. The van der Waals surface area contributed by atoms with Gasteiger partial charge >= 0.3 is 0 Å². The molecule has 2 heterocycles. The summed E-state index contributed by atoms with van der Waals surface area (Å²) in [7, 11) is 2.15. The van der Waals surface area contributed by atoms with Crippen molar-refractivity contribution in [2.24, 2.45) is 5.84 Å². The molecule has 100 valence electrons. The Morgan fingerprint density at radius 3 is 2.44 bits per heavy atom. The second kappa shape index (κ2) is 5.49. The number of likely N-dealkylation sites (N-methyl/N-ethyl adjacent to an activating group) is 1. The van der Waals surface area contributed by atoms with E-state index in [1.165, 1.54) is 0 Å². The van der Waals surface area contributed by atoms with Crippen LogP contribution in [0.15, 0.2) is 0 Å². The average Bonchev–Trinajstić information content (AvgIpc) is 2.40. The van der Waals surface area contributed by atoms with Gasteiger partial charge < -0.3 is 15.2 Å². The number of hydrogen-bond acceptors (Lipinski definition) is 6. The highest BCUT2D eigenvalue weighted by molar-refractivity contribution is 5.58. The molecule has 2 rings (SSSR count). The summed E-state index contributed by atoms with van der Waals surface area (Å²) in [4.78, 5) is 13.7. The van der Waals surface area contributed by atoms with E-state index in [1.807, 2.05) is 6.92 Å². The zero-order valence-corrected chi connectivity index (χ0v) is 11.4. The van der Waals surface area contributed by atoms with Crippen LogP contribution in [-0.4, -0.2) is 48.1 Å². The van der Waals surface area contributed by atoms with Crippen LogP contribution in [0, 0.1) is 6.92 Å². The van der Waals surface area contributed by atoms with Crippen LogP contribution < -0.4 is 16.2 Å². The lowest BCUT2D eigenvalue weighted by molar-refractivity contribution is 0.312. The van der Waals surface area contributed by atoms with Gasteiger partial charge in [-0.3, -0.25) is 0 Å². The van der Waals surface area contributed by atoms with Crippen LogP contribution in [0.5, 0.6) is 0 Å². The number of nitrogens with one attached hydrogen (secondary N) is 1. The maximum Gasteiger partial charge on any atom is 0.148 e. The molecule has 0 bridgehead atoms. The Hall–Kier alpha value is -1.40. The summed E-state index contributed by atoms with van der Waals surface area (Å²) in [6.45, 7) is 8.20. The molecule has 0 atom stereocenters.